The molecule has 0 fully saturated rings. The number of hydrogen-bond donors (Lipinski definition) is 1. The van der Waals surface area contributed by atoms with Gasteiger partial charge in [0.1, 0.15) is 5.75 Å². The van der Waals surface area contributed by atoms with E-state index >= 15 is 0 Å². The Kier molecular flexibility index (Phi) is 7.63. The molecule has 0 saturated heterocycles. The number of benzene rings is 1. The summed E-state index contributed by atoms with van der Waals surface area (Å²) in [7, 11) is 3.92. The van der Waals surface area contributed by atoms with Gasteiger partial charge in [0.2, 0.25) is 0 Å². The summed E-state index contributed by atoms with van der Waals surface area (Å²) in [5.41, 5.74) is 1.29. The second-order valence-electron chi connectivity index (χ2n) is 5.62. The van der Waals surface area contributed by atoms with Gasteiger partial charge >= 0.3 is 0 Å². The van der Waals surface area contributed by atoms with Gasteiger partial charge in [0, 0.05) is 19.1 Å². The Balaban J connectivity index is 2.72. The van der Waals surface area contributed by atoms with Crippen molar-refractivity contribution in [2.24, 2.45) is 5.92 Å². The van der Waals surface area contributed by atoms with Crippen LogP contribution in [-0.4, -0.2) is 38.7 Å². The van der Waals surface area contributed by atoms with Gasteiger partial charge in [-0.1, -0.05) is 39.3 Å². The summed E-state index contributed by atoms with van der Waals surface area (Å²) in [6.07, 6.45) is 1.23. The van der Waals surface area contributed by atoms with Crippen molar-refractivity contribution in [3.8, 4) is 5.75 Å². The molecule has 1 aromatic carbocycles. The first-order chi connectivity index (χ1) is 9.60. The maximum atomic E-state index is 5.33. The van der Waals surface area contributed by atoms with Gasteiger partial charge in [-0.3, -0.25) is 0 Å². The molecule has 0 aliphatic heterocycles. The summed E-state index contributed by atoms with van der Waals surface area (Å²) in [4.78, 5) is 2.42. The number of ether oxygens (including phenoxy) is 1. The highest BCUT2D eigenvalue weighted by atomic mass is 16.5. The Hall–Kier alpha value is -1.06. The van der Waals surface area contributed by atoms with E-state index in [2.05, 4.69) is 56.2 Å². The predicted octanol–water partition coefficient (Wildman–Crippen LogP) is 3.32. The number of likely N-dealkylation sites (N-methyl/N-ethyl adjacent to an activating group) is 2. The Bertz CT molecular complexity index is 381. The van der Waals surface area contributed by atoms with Crippen molar-refractivity contribution < 1.29 is 4.74 Å². The van der Waals surface area contributed by atoms with Crippen molar-refractivity contribution in [2.75, 3.05) is 33.8 Å². The Morgan fingerprint density at radius 2 is 2.00 bits per heavy atom. The van der Waals surface area contributed by atoms with Gasteiger partial charge in [0.05, 0.1) is 7.11 Å². The molecule has 2 atom stereocenters. The number of methoxy groups -OCH3 is 1. The lowest BCUT2D eigenvalue weighted by molar-refractivity contribution is 0.253. The molecule has 0 amide bonds. The number of nitrogens with zero attached hydrogens (tertiary/aromatic N) is 1. The van der Waals surface area contributed by atoms with Gasteiger partial charge in [0.25, 0.3) is 0 Å². The van der Waals surface area contributed by atoms with Crippen LogP contribution in [0.4, 0.5) is 0 Å². The lowest BCUT2D eigenvalue weighted by atomic mass is 10.0. The lowest BCUT2D eigenvalue weighted by Crippen LogP contribution is -2.35. The molecule has 0 bridgehead atoms. The monoisotopic (exact) mass is 278 g/mol. The average molecular weight is 278 g/mol. The average Bonchev–Trinajstić information content (AvgIpc) is 2.46. The molecule has 1 N–H and O–H groups in total. The van der Waals surface area contributed by atoms with Crippen LogP contribution in [0.1, 0.15) is 38.8 Å². The summed E-state index contributed by atoms with van der Waals surface area (Å²) >= 11 is 0. The molecule has 0 radical (unpaired) electrons. The van der Waals surface area contributed by atoms with Crippen LogP contribution in [0, 0.1) is 5.92 Å². The fraction of sp³-hybridized carbons (Fsp3) is 0.647. The van der Waals surface area contributed by atoms with E-state index in [1.807, 2.05) is 6.07 Å². The van der Waals surface area contributed by atoms with Gasteiger partial charge < -0.3 is 15.0 Å². The van der Waals surface area contributed by atoms with E-state index in [0.29, 0.717) is 6.04 Å². The normalized spacial score (nSPS) is 14.3. The van der Waals surface area contributed by atoms with Crippen molar-refractivity contribution in [2.45, 2.75) is 33.2 Å². The molecule has 1 aromatic rings. The van der Waals surface area contributed by atoms with Crippen LogP contribution in [0.25, 0.3) is 0 Å². The fourth-order valence-electron chi connectivity index (χ4n) is 2.44. The highest BCUT2D eigenvalue weighted by Gasteiger charge is 2.14. The molecule has 3 heteroatoms. The minimum absolute atomic E-state index is 0.351. The summed E-state index contributed by atoms with van der Waals surface area (Å²) in [6, 6.07) is 8.71. The molecular formula is C17H30N2O. The molecule has 0 heterocycles. The highest BCUT2D eigenvalue weighted by molar-refractivity contribution is 5.30. The smallest absolute Gasteiger partial charge is 0.119 e. The van der Waals surface area contributed by atoms with Crippen molar-refractivity contribution >= 4 is 0 Å². The highest BCUT2D eigenvalue weighted by Crippen LogP contribution is 2.20. The molecule has 0 aromatic heterocycles. The van der Waals surface area contributed by atoms with Crippen molar-refractivity contribution in [1.29, 1.82) is 0 Å². The molecule has 0 aliphatic carbocycles. The zero-order valence-corrected chi connectivity index (χ0v) is 13.6. The summed E-state index contributed by atoms with van der Waals surface area (Å²) in [5.74, 6) is 1.67. The second kappa shape index (κ2) is 8.98. The van der Waals surface area contributed by atoms with Crippen molar-refractivity contribution in [1.82, 2.24) is 10.2 Å². The minimum Gasteiger partial charge on any atom is -0.497 e. The first-order valence-electron chi connectivity index (χ1n) is 7.66. The third-order valence-electron chi connectivity index (χ3n) is 3.76. The molecule has 0 aliphatic rings. The fourth-order valence-corrected chi connectivity index (χ4v) is 2.44. The van der Waals surface area contributed by atoms with Gasteiger partial charge in [-0.2, -0.15) is 0 Å². The topological polar surface area (TPSA) is 24.5 Å². The molecule has 0 spiro atoms. The molecular weight excluding hydrogens is 248 g/mol. The minimum atomic E-state index is 0.351. The number of hydrogen-bond acceptors (Lipinski definition) is 3. The van der Waals surface area contributed by atoms with Crippen LogP contribution < -0.4 is 10.1 Å². The van der Waals surface area contributed by atoms with E-state index < -0.39 is 0 Å². The first kappa shape index (κ1) is 17.0. The standard InChI is InChI=1S/C17H30N2O/c1-6-14(3)12-19(4)13-17(18-7-2)15-9-8-10-16(11-15)20-5/h8-11,14,17-18H,6-7,12-13H2,1-5H3. The van der Waals surface area contributed by atoms with E-state index in [9.17, 15) is 0 Å². The molecule has 0 saturated carbocycles. The van der Waals surface area contributed by atoms with Crippen LogP contribution in [0.2, 0.25) is 0 Å². The zero-order chi connectivity index (χ0) is 15.0. The Labute approximate surface area is 124 Å². The third-order valence-corrected chi connectivity index (χ3v) is 3.76. The molecule has 20 heavy (non-hydrogen) atoms. The van der Waals surface area contributed by atoms with Crippen molar-refractivity contribution in [3.63, 3.8) is 0 Å². The summed E-state index contributed by atoms with van der Waals surface area (Å²) in [6.45, 7) is 9.85. The van der Waals surface area contributed by atoms with Gasteiger partial charge in [0.15, 0.2) is 0 Å². The first-order valence-corrected chi connectivity index (χ1v) is 7.66. The van der Waals surface area contributed by atoms with Crippen LogP contribution in [0.15, 0.2) is 24.3 Å². The molecule has 2 unspecified atom stereocenters. The largest absolute Gasteiger partial charge is 0.497 e. The summed E-state index contributed by atoms with van der Waals surface area (Å²) < 4.78 is 5.33. The third kappa shape index (κ3) is 5.51. The van der Waals surface area contributed by atoms with E-state index in [4.69, 9.17) is 4.74 Å². The van der Waals surface area contributed by atoms with Crippen molar-refractivity contribution in [3.05, 3.63) is 29.8 Å². The van der Waals surface area contributed by atoms with Gasteiger partial charge in [-0.05, 0) is 37.2 Å². The van der Waals surface area contributed by atoms with Crippen LogP contribution >= 0.6 is 0 Å². The number of rotatable bonds is 9. The lowest BCUT2D eigenvalue weighted by Gasteiger charge is -2.27. The Morgan fingerprint density at radius 1 is 1.25 bits per heavy atom. The predicted molar refractivity (Wildman–Crippen MR) is 86.4 cm³/mol. The van der Waals surface area contributed by atoms with Crippen LogP contribution in [0.3, 0.4) is 0 Å². The Morgan fingerprint density at radius 3 is 2.60 bits per heavy atom. The van der Waals surface area contributed by atoms with E-state index in [1.54, 1.807) is 7.11 Å². The molecule has 3 nitrogen and oxygen atoms in total. The maximum Gasteiger partial charge on any atom is 0.119 e. The maximum absolute atomic E-state index is 5.33. The van der Waals surface area contributed by atoms with Gasteiger partial charge in [-0.15, -0.1) is 0 Å². The summed E-state index contributed by atoms with van der Waals surface area (Å²) in [5, 5.41) is 3.58. The van der Waals surface area contributed by atoms with E-state index in [1.165, 1.54) is 12.0 Å². The van der Waals surface area contributed by atoms with Crippen LogP contribution in [0.5, 0.6) is 5.75 Å². The number of nitrogens with one attached hydrogen (secondary N) is 1. The zero-order valence-electron chi connectivity index (χ0n) is 13.6. The molecule has 114 valence electrons. The van der Waals surface area contributed by atoms with E-state index in [0.717, 1.165) is 31.3 Å². The van der Waals surface area contributed by atoms with Crippen LogP contribution in [-0.2, 0) is 0 Å². The van der Waals surface area contributed by atoms with E-state index in [-0.39, 0.29) is 0 Å². The molecule has 1 rings (SSSR count). The quantitative estimate of drug-likeness (QED) is 0.750. The second-order valence-corrected chi connectivity index (χ2v) is 5.62. The van der Waals surface area contributed by atoms with Gasteiger partial charge in [-0.25, -0.2) is 0 Å². The SMILES string of the molecule is CCNC(CN(C)CC(C)CC)c1cccc(OC)c1.